The largest absolute Gasteiger partial charge is 0.387 e. The Morgan fingerprint density at radius 2 is 2.13 bits per heavy atom. The Labute approximate surface area is 130 Å². The summed E-state index contributed by atoms with van der Waals surface area (Å²) < 4.78 is 6.92. The number of rotatable bonds is 3. The zero-order valence-electron chi connectivity index (χ0n) is 12.0. The molecule has 2 aromatic rings. The standard InChI is InChI=1S/C14H16N4O5/c1-2-6(19)11-9(21)10(22)14(23-11)18-4-3-7(20)8-12(15)16-5-17-13(8)18/h2-6,9-11,14,19,21-22H,1H2,(H2,15,16,17)/t6-,9-,10+,11+,14+/m0/s1. The predicted octanol–water partition coefficient (Wildman–Crippen LogP) is -1.46. The summed E-state index contributed by atoms with van der Waals surface area (Å²) in [6, 6.07) is 1.24. The molecule has 122 valence electrons. The minimum Gasteiger partial charge on any atom is -0.387 e. The van der Waals surface area contributed by atoms with Gasteiger partial charge in [0.15, 0.2) is 17.3 Å². The van der Waals surface area contributed by atoms with Crippen molar-refractivity contribution in [3.05, 3.63) is 41.5 Å². The van der Waals surface area contributed by atoms with Crippen molar-refractivity contribution < 1.29 is 20.1 Å². The Morgan fingerprint density at radius 3 is 2.83 bits per heavy atom. The summed E-state index contributed by atoms with van der Waals surface area (Å²) in [5, 5.41) is 30.2. The molecule has 5 atom stereocenters. The van der Waals surface area contributed by atoms with Crippen LogP contribution in [0, 0.1) is 0 Å². The van der Waals surface area contributed by atoms with Crippen LogP contribution in [-0.2, 0) is 4.74 Å². The van der Waals surface area contributed by atoms with Crippen LogP contribution in [0.15, 0.2) is 36.0 Å². The Balaban J connectivity index is 2.11. The average Bonchev–Trinajstić information content (AvgIpc) is 2.83. The summed E-state index contributed by atoms with van der Waals surface area (Å²) in [5.41, 5.74) is 5.50. The number of hydrogen-bond donors (Lipinski definition) is 4. The average molecular weight is 320 g/mol. The maximum atomic E-state index is 12.0. The van der Waals surface area contributed by atoms with E-state index < -0.39 is 30.6 Å². The van der Waals surface area contributed by atoms with Gasteiger partial charge in [-0.25, -0.2) is 9.97 Å². The molecule has 0 unspecified atom stereocenters. The molecule has 1 aliphatic rings. The maximum absolute atomic E-state index is 12.0. The first-order valence-corrected chi connectivity index (χ1v) is 6.89. The quantitative estimate of drug-likeness (QED) is 0.502. The fourth-order valence-corrected chi connectivity index (χ4v) is 2.66. The first-order chi connectivity index (χ1) is 11.0. The summed E-state index contributed by atoms with van der Waals surface area (Å²) in [4.78, 5) is 19.7. The zero-order chi connectivity index (χ0) is 16.7. The minimum absolute atomic E-state index is 0.00469. The molecule has 2 aromatic heterocycles. The third-order valence-corrected chi connectivity index (χ3v) is 3.86. The molecule has 3 rings (SSSR count). The molecule has 0 bridgehead atoms. The number of aromatic nitrogens is 3. The third kappa shape index (κ3) is 2.39. The number of nitrogens with zero attached hydrogens (tertiary/aromatic N) is 3. The number of aliphatic hydroxyl groups excluding tert-OH is 3. The minimum atomic E-state index is -1.34. The van der Waals surface area contributed by atoms with Gasteiger partial charge in [-0.15, -0.1) is 6.58 Å². The SMILES string of the molecule is C=C[C@H](O)[C@H]1O[C@@H](n2ccc(=O)c3c(N)ncnc32)[C@H](O)[C@@H]1O. The lowest BCUT2D eigenvalue weighted by Gasteiger charge is -2.20. The number of ether oxygens (including phenoxy) is 1. The van der Waals surface area contributed by atoms with Gasteiger partial charge in [-0.1, -0.05) is 6.08 Å². The predicted molar refractivity (Wildman–Crippen MR) is 80.3 cm³/mol. The molecule has 5 N–H and O–H groups in total. The van der Waals surface area contributed by atoms with Gasteiger partial charge in [0.25, 0.3) is 0 Å². The van der Waals surface area contributed by atoms with Crippen LogP contribution in [-0.4, -0.2) is 54.3 Å². The van der Waals surface area contributed by atoms with Gasteiger partial charge < -0.3 is 30.4 Å². The summed E-state index contributed by atoms with van der Waals surface area (Å²) in [5.74, 6) is 0.00469. The third-order valence-electron chi connectivity index (χ3n) is 3.86. The number of pyridine rings is 1. The van der Waals surface area contributed by atoms with Crippen LogP contribution in [0.5, 0.6) is 0 Å². The van der Waals surface area contributed by atoms with Crippen LogP contribution >= 0.6 is 0 Å². The van der Waals surface area contributed by atoms with E-state index in [9.17, 15) is 20.1 Å². The van der Waals surface area contributed by atoms with E-state index in [1.54, 1.807) is 0 Å². The molecule has 1 aliphatic heterocycles. The Hall–Kier alpha value is -2.33. The number of nitrogens with two attached hydrogens (primary N) is 1. The Morgan fingerprint density at radius 1 is 1.39 bits per heavy atom. The maximum Gasteiger partial charge on any atom is 0.194 e. The molecule has 0 aliphatic carbocycles. The fourth-order valence-electron chi connectivity index (χ4n) is 2.66. The number of fused-ring (bicyclic) bond motifs is 1. The van der Waals surface area contributed by atoms with Gasteiger partial charge in [-0.2, -0.15) is 0 Å². The van der Waals surface area contributed by atoms with Crippen molar-refractivity contribution in [1.82, 2.24) is 14.5 Å². The highest BCUT2D eigenvalue weighted by molar-refractivity contribution is 5.84. The molecule has 0 aromatic carbocycles. The highest BCUT2D eigenvalue weighted by Gasteiger charge is 2.46. The molecule has 0 spiro atoms. The topological polar surface area (TPSA) is 144 Å². The van der Waals surface area contributed by atoms with Crippen LogP contribution in [0.2, 0.25) is 0 Å². The number of aliphatic hydroxyl groups is 3. The Bertz CT molecular complexity index is 807. The van der Waals surface area contributed by atoms with Gasteiger partial charge in [0.2, 0.25) is 0 Å². The van der Waals surface area contributed by atoms with Crippen LogP contribution < -0.4 is 11.2 Å². The second-order valence-electron chi connectivity index (χ2n) is 5.24. The van der Waals surface area contributed by atoms with Crippen LogP contribution in [0.25, 0.3) is 11.0 Å². The van der Waals surface area contributed by atoms with Gasteiger partial charge in [0, 0.05) is 12.3 Å². The lowest BCUT2D eigenvalue weighted by molar-refractivity contribution is -0.0697. The van der Waals surface area contributed by atoms with Crippen LogP contribution in [0.4, 0.5) is 5.82 Å². The summed E-state index contributed by atoms with van der Waals surface area (Å²) in [7, 11) is 0. The van der Waals surface area contributed by atoms with E-state index in [1.807, 2.05) is 0 Å². The molecule has 1 fully saturated rings. The smallest absolute Gasteiger partial charge is 0.194 e. The molecule has 1 saturated heterocycles. The summed E-state index contributed by atoms with van der Waals surface area (Å²) in [6.45, 7) is 3.43. The van der Waals surface area contributed by atoms with E-state index in [0.717, 1.165) is 0 Å². The van der Waals surface area contributed by atoms with Gasteiger partial charge in [-0.05, 0) is 0 Å². The molecular weight excluding hydrogens is 304 g/mol. The van der Waals surface area contributed by atoms with E-state index in [0.29, 0.717) is 0 Å². The van der Waals surface area contributed by atoms with Gasteiger partial charge in [0.05, 0.1) is 0 Å². The van der Waals surface area contributed by atoms with Crippen molar-refractivity contribution in [2.75, 3.05) is 5.73 Å². The van der Waals surface area contributed by atoms with Gasteiger partial charge >= 0.3 is 0 Å². The number of anilines is 1. The molecule has 3 heterocycles. The fraction of sp³-hybridized carbons (Fsp3) is 0.357. The van der Waals surface area contributed by atoms with Crippen molar-refractivity contribution in [3.8, 4) is 0 Å². The van der Waals surface area contributed by atoms with E-state index in [1.165, 1.54) is 29.2 Å². The molecule has 0 radical (unpaired) electrons. The number of nitrogen functional groups attached to an aromatic ring is 1. The molecule has 9 heteroatoms. The van der Waals surface area contributed by atoms with Crippen molar-refractivity contribution in [2.45, 2.75) is 30.6 Å². The van der Waals surface area contributed by atoms with Crippen LogP contribution in [0.1, 0.15) is 6.23 Å². The van der Waals surface area contributed by atoms with Crippen LogP contribution in [0.3, 0.4) is 0 Å². The van der Waals surface area contributed by atoms with Gasteiger partial charge in [-0.3, -0.25) is 4.79 Å². The van der Waals surface area contributed by atoms with Gasteiger partial charge in [0.1, 0.15) is 41.9 Å². The molecule has 0 saturated carbocycles. The summed E-state index contributed by atoms with van der Waals surface area (Å²) in [6.07, 6.45) is -2.18. The lowest BCUT2D eigenvalue weighted by Crippen LogP contribution is -2.37. The molecule has 0 amide bonds. The van der Waals surface area contributed by atoms with Crippen molar-refractivity contribution in [1.29, 1.82) is 0 Å². The first-order valence-electron chi connectivity index (χ1n) is 6.89. The van der Waals surface area contributed by atoms with Crippen molar-refractivity contribution in [3.63, 3.8) is 0 Å². The lowest BCUT2D eigenvalue weighted by atomic mass is 10.1. The van der Waals surface area contributed by atoms with Crippen molar-refractivity contribution >= 4 is 16.9 Å². The second-order valence-corrected chi connectivity index (χ2v) is 5.24. The van der Waals surface area contributed by atoms with Crippen molar-refractivity contribution in [2.24, 2.45) is 0 Å². The van der Waals surface area contributed by atoms with E-state index >= 15 is 0 Å². The molecular formula is C14H16N4O5. The first kappa shape index (κ1) is 15.6. The highest BCUT2D eigenvalue weighted by atomic mass is 16.6. The summed E-state index contributed by atoms with van der Waals surface area (Å²) >= 11 is 0. The number of hydrogen-bond acceptors (Lipinski definition) is 8. The molecule has 23 heavy (non-hydrogen) atoms. The van der Waals surface area contributed by atoms with E-state index in [4.69, 9.17) is 10.5 Å². The van der Waals surface area contributed by atoms with E-state index in [2.05, 4.69) is 16.5 Å². The highest BCUT2D eigenvalue weighted by Crippen LogP contribution is 2.32. The second kappa shape index (κ2) is 5.70. The molecule has 9 nitrogen and oxygen atoms in total. The normalized spacial score (nSPS) is 28.8. The monoisotopic (exact) mass is 320 g/mol. The zero-order valence-corrected chi connectivity index (χ0v) is 12.0. The Kier molecular flexibility index (Phi) is 3.86. The van der Waals surface area contributed by atoms with E-state index in [-0.39, 0.29) is 22.3 Å².